The minimum Gasteiger partial charge on any atom is -0.210 e. The van der Waals surface area contributed by atoms with Crippen LogP contribution in [0.4, 0.5) is 0 Å². The zero-order chi connectivity index (χ0) is 15.3. The molecule has 0 heterocycles. The van der Waals surface area contributed by atoms with Crippen molar-refractivity contribution in [2.24, 2.45) is 5.92 Å². The maximum Gasteiger partial charge on any atom is 0.240 e. The van der Waals surface area contributed by atoms with Gasteiger partial charge in [-0.25, -0.2) is 13.1 Å². The van der Waals surface area contributed by atoms with Gasteiger partial charge in [0.2, 0.25) is 10.0 Å². The Morgan fingerprint density at radius 3 is 2.05 bits per heavy atom. The topological polar surface area (TPSA) is 46.2 Å². The molecule has 3 nitrogen and oxygen atoms in total. The summed E-state index contributed by atoms with van der Waals surface area (Å²) in [5.41, 5.74) is 0. The lowest BCUT2D eigenvalue weighted by atomic mass is 9.99. The SMILES string of the molecule is CCC(CC)C(Cl)CNS(=O)(=O)c1cc(Cl)cc(Cl)c1. The van der Waals surface area contributed by atoms with Crippen LogP contribution in [0.5, 0.6) is 0 Å². The highest BCUT2D eigenvalue weighted by Gasteiger charge is 2.20. The van der Waals surface area contributed by atoms with E-state index in [9.17, 15) is 8.42 Å². The van der Waals surface area contributed by atoms with Gasteiger partial charge >= 0.3 is 0 Å². The first kappa shape index (κ1) is 18.1. The Kier molecular flexibility index (Phi) is 7.09. The van der Waals surface area contributed by atoms with Crippen LogP contribution in [-0.4, -0.2) is 20.3 Å². The summed E-state index contributed by atoms with van der Waals surface area (Å²) < 4.78 is 26.8. The van der Waals surface area contributed by atoms with Gasteiger partial charge in [-0.15, -0.1) is 11.6 Å². The molecule has 1 rings (SSSR count). The Morgan fingerprint density at radius 1 is 1.10 bits per heavy atom. The minimum absolute atomic E-state index is 0.0448. The standard InChI is InChI=1S/C13H18Cl3NO2S/c1-3-9(4-2)13(16)8-17-20(18,19)12-6-10(14)5-11(15)7-12/h5-7,9,13,17H,3-4,8H2,1-2H3. The average molecular weight is 359 g/mol. The third kappa shape index (κ3) is 5.08. The number of rotatable bonds is 7. The summed E-state index contributed by atoms with van der Waals surface area (Å²) in [4.78, 5) is 0.0448. The summed E-state index contributed by atoms with van der Waals surface area (Å²) in [5, 5.41) is 0.315. The molecule has 1 aromatic rings. The van der Waals surface area contributed by atoms with Crippen molar-refractivity contribution in [2.75, 3.05) is 6.54 Å². The largest absolute Gasteiger partial charge is 0.240 e. The molecule has 1 unspecified atom stereocenters. The van der Waals surface area contributed by atoms with Crippen molar-refractivity contribution in [3.05, 3.63) is 28.2 Å². The van der Waals surface area contributed by atoms with Crippen LogP contribution in [0.1, 0.15) is 26.7 Å². The van der Waals surface area contributed by atoms with Gasteiger partial charge in [0.05, 0.1) is 4.90 Å². The van der Waals surface area contributed by atoms with Crippen LogP contribution >= 0.6 is 34.8 Å². The van der Waals surface area contributed by atoms with E-state index >= 15 is 0 Å². The first-order chi connectivity index (χ1) is 9.30. The molecular weight excluding hydrogens is 341 g/mol. The molecule has 0 bridgehead atoms. The highest BCUT2D eigenvalue weighted by Crippen LogP contribution is 2.23. The number of halogens is 3. The lowest BCUT2D eigenvalue weighted by molar-refractivity contribution is 0.460. The van der Waals surface area contributed by atoms with E-state index in [0.717, 1.165) is 12.8 Å². The number of benzene rings is 1. The minimum atomic E-state index is -3.65. The smallest absolute Gasteiger partial charge is 0.210 e. The summed E-state index contributed by atoms with van der Waals surface area (Å²) in [7, 11) is -3.65. The van der Waals surface area contributed by atoms with Crippen molar-refractivity contribution in [3.63, 3.8) is 0 Å². The van der Waals surface area contributed by atoms with Gasteiger partial charge in [0.1, 0.15) is 0 Å². The van der Waals surface area contributed by atoms with Gasteiger partial charge < -0.3 is 0 Å². The molecule has 0 aliphatic heterocycles. The van der Waals surface area contributed by atoms with Crippen molar-refractivity contribution in [1.29, 1.82) is 0 Å². The summed E-state index contributed by atoms with van der Waals surface area (Å²) in [6.07, 6.45) is 1.82. The van der Waals surface area contributed by atoms with Gasteiger partial charge in [0.15, 0.2) is 0 Å². The van der Waals surface area contributed by atoms with Gasteiger partial charge in [0, 0.05) is 22.0 Å². The summed E-state index contributed by atoms with van der Waals surface area (Å²) in [6, 6.07) is 4.20. The predicted octanol–water partition coefficient (Wildman–Crippen LogP) is 4.32. The van der Waals surface area contributed by atoms with E-state index in [4.69, 9.17) is 34.8 Å². The molecule has 7 heteroatoms. The zero-order valence-electron chi connectivity index (χ0n) is 11.4. The number of sulfonamides is 1. The summed E-state index contributed by atoms with van der Waals surface area (Å²) in [6.45, 7) is 4.25. The fraction of sp³-hybridized carbons (Fsp3) is 0.538. The Bertz CT molecular complexity index is 524. The Labute approximate surface area is 135 Å². The number of hydrogen-bond donors (Lipinski definition) is 1. The van der Waals surface area contributed by atoms with Crippen LogP contribution in [-0.2, 0) is 10.0 Å². The van der Waals surface area contributed by atoms with Crippen molar-refractivity contribution in [2.45, 2.75) is 37.0 Å². The molecule has 0 saturated carbocycles. The molecule has 1 N–H and O–H groups in total. The van der Waals surface area contributed by atoms with Crippen LogP contribution in [0.2, 0.25) is 10.0 Å². The molecule has 114 valence electrons. The molecule has 0 radical (unpaired) electrons. The molecule has 0 aliphatic carbocycles. The van der Waals surface area contributed by atoms with Crippen LogP contribution in [0.25, 0.3) is 0 Å². The lowest BCUT2D eigenvalue weighted by Gasteiger charge is -2.19. The summed E-state index contributed by atoms with van der Waals surface area (Å²) >= 11 is 17.8. The molecule has 0 fully saturated rings. The predicted molar refractivity (Wildman–Crippen MR) is 85.4 cm³/mol. The van der Waals surface area contributed by atoms with E-state index in [-0.39, 0.29) is 32.8 Å². The molecule has 1 aromatic carbocycles. The van der Waals surface area contributed by atoms with E-state index in [1.165, 1.54) is 18.2 Å². The van der Waals surface area contributed by atoms with E-state index in [1.807, 2.05) is 13.8 Å². The normalized spacial score (nSPS) is 13.7. The van der Waals surface area contributed by atoms with Crippen molar-refractivity contribution >= 4 is 44.8 Å². The van der Waals surface area contributed by atoms with Gasteiger partial charge in [-0.2, -0.15) is 0 Å². The van der Waals surface area contributed by atoms with Crippen molar-refractivity contribution in [1.82, 2.24) is 4.72 Å². The van der Waals surface area contributed by atoms with Crippen LogP contribution in [0.3, 0.4) is 0 Å². The van der Waals surface area contributed by atoms with E-state index in [0.29, 0.717) is 0 Å². The van der Waals surface area contributed by atoms with Gasteiger partial charge in [-0.05, 0) is 24.1 Å². The second kappa shape index (κ2) is 7.85. The maximum absolute atomic E-state index is 12.2. The molecule has 0 spiro atoms. The van der Waals surface area contributed by atoms with Crippen LogP contribution in [0.15, 0.2) is 23.1 Å². The molecule has 20 heavy (non-hydrogen) atoms. The third-order valence-electron chi connectivity index (χ3n) is 3.17. The van der Waals surface area contributed by atoms with Crippen molar-refractivity contribution in [3.8, 4) is 0 Å². The molecular formula is C13H18Cl3NO2S. The van der Waals surface area contributed by atoms with Crippen LogP contribution in [0, 0.1) is 5.92 Å². The second-order valence-corrected chi connectivity index (χ2v) is 7.75. The summed E-state index contributed by atoms with van der Waals surface area (Å²) in [5.74, 6) is 0.280. The Hall–Kier alpha value is -0.000000000000000111. The first-order valence-electron chi connectivity index (χ1n) is 6.40. The van der Waals surface area contributed by atoms with E-state index in [2.05, 4.69) is 4.72 Å². The molecule has 0 aromatic heterocycles. The second-order valence-electron chi connectivity index (χ2n) is 4.55. The van der Waals surface area contributed by atoms with Gasteiger partial charge in [0.25, 0.3) is 0 Å². The van der Waals surface area contributed by atoms with Crippen molar-refractivity contribution < 1.29 is 8.42 Å². The highest BCUT2D eigenvalue weighted by molar-refractivity contribution is 7.89. The Morgan fingerprint density at radius 2 is 1.60 bits per heavy atom. The van der Waals surface area contributed by atoms with Gasteiger partial charge in [-0.3, -0.25) is 0 Å². The van der Waals surface area contributed by atoms with Crippen LogP contribution < -0.4 is 4.72 Å². The third-order valence-corrected chi connectivity index (χ3v) is 5.53. The zero-order valence-corrected chi connectivity index (χ0v) is 14.5. The number of alkyl halides is 1. The molecule has 0 amide bonds. The quantitative estimate of drug-likeness (QED) is 0.738. The maximum atomic E-state index is 12.2. The average Bonchev–Trinajstić information content (AvgIpc) is 2.37. The first-order valence-corrected chi connectivity index (χ1v) is 9.07. The van der Waals surface area contributed by atoms with Gasteiger partial charge in [-0.1, -0.05) is 49.9 Å². The molecule has 0 aliphatic rings. The highest BCUT2D eigenvalue weighted by atomic mass is 35.5. The number of hydrogen-bond acceptors (Lipinski definition) is 2. The Balaban J connectivity index is 2.80. The lowest BCUT2D eigenvalue weighted by Crippen LogP contribution is -2.33. The fourth-order valence-corrected chi connectivity index (χ4v) is 4.23. The molecule has 1 atom stereocenters. The monoisotopic (exact) mass is 357 g/mol. The number of nitrogens with one attached hydrogen (secondary N) is 1. The fourth-order valence-electron chi connectivity index (χ4n) is 1.92. The van der Waals surface area contributed by atoms with E-state index < -0.39 is 10.0 Å². The van der Waals surface area contributed by atoms with E-state index in [1.54, 1.807) is 0 Å². The molecule has 0 saturated heterocycles.